The van der Waals surface area contributed by atoms with Gasteiger partial charge in [0.2, 0.25) is 5.96 Å². The van der Waals surface area contributed by atoms with Crippen molar-refractivity contribution in [3.8, 4) is 0 Å². The molecular weight excluding hydrogens is 242 g/mol. The quantitative estimate of drug-likeness (QED) is 0.656. The van der Waals surface area contributed by atoms with E-state index in [2.05, 4.69) is 41.0 Å². The molecule has 3 atom stereocenters. The Bertz CT molecular complexity index is 457. The van der Waals surface area contributed by atoms with Gasteiger partial charge in [0, 0.05) is 13.2 Å². The third-order valence-corrected chi connectivity index (χ3v) is 3.27. The number of hydrogen-bond acceptors (Lipinski definition) is 3. The van der Waals surface area contributed by atoms with E-state index >= 15 is 0 Å². The fraction of sp³-hybridized carbons (Fsp3) is 0.615. The second-order valence-corrected chi connectivity index (χ2v) is 4.92. The molecule has 6 nitrogen and oxygen atoms in total. The highest BCUT2D eigenvalue weighted by molar-refractivity contribution is 5.96. The molecule has 0 aromatic carbocycles. The molecule has 104 valence electrons. The average molecular weight is 263 g/mol. The van der Waals surface area contributed by atoms with Gasteiger partial charge in [-0.2, -0.15) is 5.10 Å². The van der Waals surface area contributed by atoms with Gasteiger partial charge in [-0.15, -0.1) is 0 Å². The molecule has 0 saturated carbocycles. The van der Waals surface area contributed by atoms with Gasteiger partial charge in [-0.25, -0.2) is 4.99 Å². The zero-order valence-corrected chi connectivity index (χ0v) is 11.7. The molecule has 0 spiro atoms. The third-order valence-electron chi connectivity index (χ3n) is 3.27. The normalized spacial score (nSPS) is 28.2. The van der Waals surface area contributed by atoms with E-state index in [1.54, 1.807) is 13.2 Å². The van der Waals surface area contributed by atoms with Crippen LogP contribution >= 0.6 is 0 Å². The van der Waals surface area contributed by atoms with Crippen molar-refractivity contribution in [2.24, 2.45) is 9.98 Å². The molecule has 19 heavy (non-hydrogen) atoms. The Balaban J connectivity index is 2.06. The fourth-order valence-corrected chi connectivity index (χ4v) is 2.48. The Kier molecular flexibility index (Phi) is 4.31. The lowest BCUT2D eigenvalue weighted by Crippen LogP contribution is -2.31. The molecule has 0 aliphatic carbocycles. The number of aliphatic imine (C=N–C) groups is 2. The molecule has 0 radical (unpaired) electrons. The first kappa shape index (κ1) is 13.7. The van der Waals surface area contributed by atoms with Gasteiger partial charge >= 0.3 is 0 Å². The molecule has 1 N–H and O–H groups in total. The van der Waals surface area contributed by atoms with Crippen LogP contribution in [0.4, 0.5) is 5.69 Å². The Labute approximate surface area is 113 Å². The standard InChI is InChI=1S/C13H21N5O/c1-9-5-12(6-10(2)19-9)18-8-11(7-16-18)17-13(14-3)15-4/h7-10,12H,3,5-6H2,1-2,4H3,(H,15,17)/t9-,10+,12?. The number of guanidine groups is 1. The van der Waals surface area contributed by atoms with Gasteiger partial charge < -0.3 is 10.1 Å². The first-order chi connectivity index (χ1) is 9.12. The average Bonchev–Trinajstić information content (AvgIpc) is 2.83. The summed E-state index contributed by atoms with van der Waals surface area (Å²) in [6.45, 7) is 7.67. The highest BCUT2D eigenvalue weighted by Gasteiger charge is 2.26. The van der Waals surface area contributed by atoms with E-state index in [0.717, 1.165) is 18.5 Å². The number of nitrogens with one attached hydrogen (secondary N) is 1. The Hall–Kier alpha value is -1.69. The van der Waals surface area contributed by atoms with Gasteiger partial charge in [-0.3, -0.25) is 9.67 Å². The van der Waals surface area contributed by atoms with Crippen molar-refractivity contribution in [1.82, 2.24) is 9.78 Å². The van der Waals surface area contributed by atoms with E-state index < -0.39 is 0 Å². The van der Waals surface area contributed by atoms with Crippen molar-refractivity contribution in [2.75, 3.05) is 12.4 Å². The van der Waals surface area contributed by atoms with E-state index in [4.69, 9.17) is 4.74 Å². The van der Waals surface area contributed by atoms with Crippen molar-refractivity contribution in [3.63, 3.8) is 0 Å². The van der Waals surface area contributed by atoms with Crippen molar-refractivity contribution in [3.05, 3.63) is 12.4 Å². The molecule has 2 heterocycles. The first-order valence-corrected chi connectivity index (χ1v) is 6.52. The Morgan fingerprint density at radius 1 is 1.47 bits per heavy atom. The van der Waals surface area contributed by atoms with Crippen molar-refractivity contribution in [2.45, 2.75) is 44.9 Å². The summed E-state index contributed by atoms with van der Waals surface area (Å²) in [5.74, 6) is 0.494. The van der Waals surface area contributed by atoms with E-state index in [1.807, 2.05) is 10.9 Å². The molecule has 1 saturated heterocycles. The summed E-state index contributed by atoms with van der Waals surface area (Å²) < 4.78 is 7.74. The Morgan fingerprint density at radius 3 is 2.74 bits per heavy atom. The molecule has 1 aromatic heterocycles. The summed E-state index contributed by atoms with van der Waals surface area (Å²) in [6, 6.07) is 0.382. The molecule has 1 unspecified atom stereocenters. The molecule has 1 aliphatic rings. The zero-order chi connectivity index (χ0) is 13.8. The lowest BCUT2D eigenvalue weighted by atomic mass is 10.0. The van der Waals surface area contributed by atoms with Crippen molar-refractivity contribution >= 4 is 18.4 Å². The van der Waals surface area contributed by atoms with Gasteiger partial charge in [0.05, 0.1) is 30.1 Å². The minimum absolute atomic E-state index is 0.275. The minimum atomic E-state index is 0.275. The minimum Gasteiger partial charge on any atom is -0.375 e. The van der Waals surface area contributed by atoms with Gasteiger partial charge in [-0.05, 0) is 33.4 Å². The van der Waals surface area contributed by atoms with Crippen LogP contribution in [0.2, 0.25) is 0 Å². The van der Waals surface area contributed by atoms with Gasteiger partial charge in [0.25, 0.3) is 0 Å². The van der Waals surface area contributed by atoms with Crippen LogP contribution in [-0.4, -0.2) is 41.7 Å². The van der Waals surface area contributed by atoms with Crippen LogP contribution in [0.5, 0.6) is 0 Å². The SMILES string of the molecule is C=NC(=NC)Nc1cnn(C2C[C@@H](C)O[C@@H](C)C2)c1. The summed E-state index contributed by atoms with van der Waals surface area (Å²) in [4.78, 5) is 7.75. The smallest absolute Gasteiger partial charge is 0.221 e. The van der Waals surface area contributed by atoms with Crippen LogP contribution in [0, 0.1) is 0 Å². The van der Waals surface area contributed by atoms with Crippen LogP contribution in [0.3, 0.4) is 0 Å². The van der Waals surface area contributed by atoms with Crippen LogP contribution in [-0.2, 0) is 4.74 Å². The van der Waals surface area contributed by atoms with Crippen molar-refractivity contribution < 1.29 is 4.74 Å². The number of hydrogen-bond donors (Lipinski definition) is 1. The highest BCUT2D eigenvalue weighted by atomic mass is 16.5. The van der Waals surface area contributed by atoms with Gasteiger partial charge in [-0.1, -0.05) is 0 Å². The predicted octanol–water partition coefficient (Wildman–Crippen LogP) is 2.11. The summed E-state index contributed by atoms with van der Waals surface area (Å²) in [7, 11) is 1.67. The van der Waals surface area contributed by atoms with Crippen molar-refractivity contribution in [1.29, 1.82) is 0 Å². The Morgan fingerprint density at radius 2 is 2.16 bits per heavy atom. The maximum atomic E-state index is 5.74. The van der Waals surface area contributed by atoms with Gasteiger partial charge in [0.1, 0.15) is 0 Å². The fourth-order valence-electron chi connectivity index (χ4n) is 2.48. The van der Waals surface area contributed by atoms with E-state index in [-0.39, 0.29) is 12.2 Å². The molecule has 1 fully saturated rings. The summed E-state index contributed by atoms with van der Waals surface area (Å²) in [6.07, 6.45) is 6.28. The maximum absolute atomic E-state index is 5.74. The number of nitrogens with zero attached hydrogens (tertiary/aromatic N) is 4. The zero-order valence-electron chi connectivity index (χ0n) is 11.7. The van der Waals surface area contributed by atoms with Crippen LogP contribution in [0.1, 0.15) is 32.7 Å². The highest BCUT2D eigenvalue weighted by Crippen LogP contribution is 2.28. The molecule has 6 heteroatoms. The van der Waals surface area contributed by atoms with Crippen LogP contribution in [0.25, 0.3) is 0 Å². The predicted molar refractivity (Wildman–Crippen MR) is 77.0 cm³/mol. The molecule has 1 aromatic rings. The molecule has 1 aliphatic heterocycles. The molecule has 0 bridgehead atoms. The summed E-state index contributed by atoms with van der Waals surface area (Å²) in [5, 5.41) is 7.48. The summed E-state index contributed by atoms with van der Waals surface area (Å²) >= 11 is 0. The van der Waals surface area contributed by atoms with E-state index in [0.29, 0.717) is 12.0 Å². The first-order valence-electron chi connectivity index (χ1n) is 6.52. The lowest BCUT2D eigenvalue weighted by molar-refractivity contribution is -0.0506. The monoisotopic (exact) mass is 263 g/mol. The van der Waals surface area contributed by atoms with Crippen LogP contribution < -0.4 is 5.32 Å². The van der Waals surface area contributed by atoms with E-state index in [9.17, 15) is 0 Å². The van der Waals surface area contributed by atoms with E-state index in [1.165, 1.54) is 0 Å². The largest absolute Gasteiger partial charge is 0.375 e. The number of rotatable bonds is 2. The molecule has 0 amide bonds. The topological polar surface area (TPSA) is 63.8 Å². The lowest BCUT2D eigenvalue weighted by Gasteiger charge is -2.32. The van der Waals surface area contributed by atoms with Crippen LogP contribution in [0.15, 0.2) is 22.4 Å². The summed E-state index contributed by atoms with van der Waals surface area (Å²) in [5.41, 5.74) is 0.875. The van der Waals surface area contributed by atoms with Gasteiger partial charge in [0.15, 0.2) is 0 Å². The maximum Gasteiger partial charge on any atom is 0.221 e. The second-order valence-electron chi connectivity index (χ2n) is 4.92. The second kappa shape index (κ2) is 5.97. The number of aromatic nitrogens is 2. The number of anilines is 1. The third kappa shape index (κ3) is 3.41. The number of ether oxygens (including phenoxy) is 1. The molecular formula is C13H21N5O. The molecule has 2 rings (SSSR count).